The van der Waals surface area contributed by atoms with Gasteiger partial charge in [-0.2, -0.15) is 0 Å². The highest BCUT2D eigenvalue weighted by molar-refractivity contribution is 5.82. The number of amides is 1. The van der Waals surface area contributed by atoms with E-state index in [1.165, 1.54) is 4.90 Å². The molecule has 24 heavy (non-hydrogen) atoms. The molecule has 3 aromatic rings. The van der Waals surface area contributed by atoms with Crippen molar-refractivity contribution in [1.82, 2.24) is 10.1 Å². The van der Waals surface area contributed by atoms with Gasteiger partial charge >= 0.3 is 6.09 Å². The van der Waals surface area contributed by atoms with Gasteiger partial charge in [-0.05, 0) is 18.2 Å². The molecule has 6 nitrogen and oxygen atoms in total. The third-order valence-corrected chi connectivity index (χ3v) is 3.64. The molecular weight excluding hydrogens is 308 g/mol. The quantitative estimate of drug-likeness (QED) is 0.734. The number of rotatable bonds is 4. The third-order valence-electron chi connectivity index (χ3n) is 3.64. The standard InChI is InChI=1S/C18H18N2O4/c1-20(2)18(21)23-13-8-9-14-15(19-24-17(14)11-13)10-12-6-4-5-7-16(12)22-3/h4-9,11H,10H2,1-3H3. The first-order valence-electron chi connectivity index (χ1n) is 7.48. The number of fused-ring (bicyclic) bond motifs is 1. The number of aromatic nitrogens is 1. The van der Waals surface area contributed by atoms with E-state index in [0.717, 1.165) is 22.4 Å². The van der Waals surface area contributed by atoms with Crippen molar-refractivity contribution in [2.24, 2.45) is 0 Å². The molecule has 6 heteroatoms. The molecule has 0 aliphatic heterocycles. The lowest BCUT2D eigenvalue weighted by atomic mass is 10.1. The molecule has 0 aliphatic carbocycles. The van der Waals surface area contributed by atoms with Gasteiger partial charge in [-0.25, -0.2) is 4.79 Å². The zero-order valence-electron chi connectivity index (χ0n) is 13.8. The minimum atomic E-state index is -0.442. The van der Waals surface area contributed by atoms with Gasteiger partial charge in [0.05, 0.1) is 12.8 Å². The lowest BCUT2D eigenvalue weighted by Crippen LogP contribution is -2.25. The van der Waals surface area contributed by atoms with Crippen molar-refractivity contribution >= 4 is 17.1 Å². The van der Waals surface area contributed by atoms with Crippen LogP contribution in [0.25, 0.3) is 11.0 Å². The van der Waals surface area contributed by atoms with E-state index in [-0.39, 0.29) is 0 Å². The van der Waals surface area contributed by atoms with Crippen molar-refractivity contribution in [2.75, 3.05) is 21.2 Å². The van der Waals surface area contributed by atoms with Crippen LogP contribution in [-0.2, 0) is 6.42 Å². The Kier molecular flexibility index (Phi) is 4.37. The molecule has 124 valence electrons. The summed E-state index contributed by atoms with van der Waals surface area (Å²) in [6, 6.07) is 13.0. The second-order valence-electron chi connectivity index (χ2n) is 5.54. The first kappa shape index (κ1) is 15.9. The number of methoxy groups -OCH3 is 1. The molecule has 0 saturated carbocycles. The largest absolute Gasteiger partial charge is 0.496 e. The van der Waals surface area contributed by atoms with Crippen LogP contribution >= 0.6 is 0 Å². The fraction of sp³-hybridized carbons (Fsp3) is 0.222. The molecule has 0 bridgehead atoms. The van der Waals surface area contributed by atoms with Crippen LogP contribution in [0.5, 0.6) is 11.5 Å². The summed E-state index contributed by atoms with van der Waals surface area (Å²) in [7, 11) is 4.90. The normalized spacial score (nSPS) is 10.6. The third kappa shape index (κ3) is 3.17. The van der Waals surface area contributed by atoms with Crippen molar-refractivity contribution in [3.05, 3.63) is 53.7 Å². The average molecular weight is 326 g/mol. The topological polar surface area (TPSA) is 64.8 Å². The van der Waals surface area contributed by atoms with Crippen LogP contribution in [0.1, 0.15) is 11.3 Å². The number of nitrogens with zero attached hydrogens (tertiary/aromatic N) is 2. The van der Waals surface area contributed by atoms with Crippen LogP contribution in [-0.4, -0.2) is 37.4 Å². The van der Waals surface area contributed by atoms with E-state index in [9.17, 15) is 4.79 Å². The van der Waals surface area contributed by atoms with Gasteiger partial charge in [-0.15, -0.1) is 0 Å². The van der Waals surface area contributed by atoms with Crippen LogP contribution in [0.15, 0.2) is 47.0 Å². The molecule has 0 atom stereocenters. The SMILES string of the molecule is COc1ccccc1Cc1noc2cc(OC(=O)N(C)C)ccc12. The monoisotopic (exact) mass is 326 g/mol. The maximum Gasteiger partial charge on any atom is 0.414 e. The zero-order chi connectivity index (χ0) is 17.1. The van der Waals surface area contributed by atoms with E-state index in [1.54, 1.807) is 33.3 Å². The number of carbonyl (C=O) groups excluding carboxylic acids is 1. The molecule has 0 radical (unpaired) electrons. The van der Waals surface area contributed by atoms with Gasteiger partial charge in [0, 0.05) is 37.5 Å². The maximum atomic E-state index is 11.6. The van der Waals surface area contributed by atoms with E-state index in [4.69, 9.17) is 14.0 Å². The zero-order valence-corrected chi connectivity index (χ0v) is 13.8. The summed E-state index contributed by atoms with van der Waals surface area (Å²) in [5.74, 6) is 1.23. The Morgan fingerprint density at radius 1 is 1.21 bits per heavy atom. The smallest absolute Gasteiger partial charge is 0.414 e. The van der Waals surface area contributed by atoms with Gasteiger partial charge in [0.15, 0.2) is 5.58 Å². The molecule has 1 aromatic heterocycles. The number of benzene rings is 2. The first-order chi connectivity index (χ1) is 11.6. The predicted molar refractivity (Wildman–Crippen MR) is 89.5 cm³/mol. The summed E-state index contributed by atoms with van der Waals surface area (Å²) in [5.41, 5.74) is 2.40. The highest BCUT2D eigenvalue weighted by Crippen LogP contribution is 2.28. The molecule has 1 amide bonds. The van der Waals surface area contributed by atoms with Gasteiger partial charge in [0.25, 0.3) is 0 Å². The molecule has 3 rings (SSSR count). The Hall–Kier alpha value is -3.02. The molecule has 0 N–H and O–H groups in total. The van der Waals surface area contributed by atoms with Gasteiger partial charge in [-0.3, -0.25) is 0 Å². The summed E-state index contributed by atoms with van der Waals surface area (Å²) in [4.78, 5) is 13.0. The van der Waals surface area contributed by atoms with E-state index in [1.807, 2.05) is 30.3 Å². The molecule has 1 heterocycles. The van der Waals surface area contributed by atoms with E-state index in [2.05, 4.69) is 5.16 Å². The fourth-order valence-electron chi connectivity index (χ4n) is 2.38. The highest BCUT2D eigenvalue weighted by Gasteiger charge is 2.14. The molecule has 0 spiro atoms. The number of para-hydroxylation sites is 1. The lowest BCUT2D eigenvalue weighted by Gasteiger charge is -2.10. The van der Waals surface area contributed by atoms with Gasteiger partial charge < -0.3 is 18.9 Å². The second kappa shape index (κ2) is 6.62. The summed E-state index contributed by atoms with van der Waals surface area (Å²) >= 11 is 0. The number of hydrogen-bond acceptors (Lipinski definition) is 5. The Labute approximate surface area is 139 Å². The van der Waals surface area contributed by atoms with Crippen LogP contribution in [0.3, 0.4) is 0 Å². The minimum absolute atomic E-state index is 0.418. The van der Waals surface area contributed by atoms with Crippen molar-refractivity contribution in [1.29, 1.82) is 0 Å². The minimum Gasteiger partial charge on any atom is -0.496 e. The van der Waals surface area contributed by atoms with Crippen molar-refractivity contribution in [2.45, 2.75) is 6.42 Å². The number of hydrogen-bond donors (Lipinski definition) is 0. The second-order valence-corrected chi connectivity index (χ2v) is 5.54. The Morgan fingerprint density at radius 3 is 2.75 bits per heavy atom. The van der Waals surface area contributed by atoms with E-state index in [0.29, 0.717) is 17.8 Å². The summed E-state index contributed by atoms with van der Waals surface area (Å²) < 4.78 is 16.0. The predicted octanol–water partition coefficient (Wildman–Crippen LogP) is 3.49. The Bertz CT molecular complexity index is 870. The molecule has 0 aliphatic rings. The summed E-state index contributed by atoms with van der Waals surface area (Å²) in [6.45, 7) is 0. The van der Waals surface area contributed by atoms with Crippen LogP contribution < -0.4 is 9.47 Å². The van der Waals surface area contributed by atoms with Crippen molar-refractivity contribution in [3.8, 4) is 11.5 Å². The van der Waals surface area contributed by atoms with E-state index < -0.39 is 6.09 Å². The van der Waals surface area contributed by atoms with Crippen molar-refractivity contribution < 1.29 is 18.8 Å². The molecular formula is C18H18N2O4. The lowest BCUT2D eigenvalue weighted by molar-refractivity contribution is 0.172. The number of ether oxygens (including phenoxy) is 2. The van der Waals surface area contributed by atoms with Crippen LogP contribution in [0, 0.1) is 0 Å². The Balaban J connectivity index is 1.87. The fourth-order valence-corrected chi connectivity index (χ4v) is 2.38. The molecule has 2 aromatic carbocycles. The first-order valence-corrected chi connectivity index (χ1v) is 7.48. The summed E-state index contributed by atoms with van der Waals surface area (Å²) in [6.07, 6.45) is 0.150. The van der Waals surface area contributed by atoms with Crippen LogP contribution in [0.2, 0.25) is 0 Å². The van der Waals surface area contributed by atoms with Crippen LogP contribution in [0.4, 0.5) is 4.79 Å². The van der Waals surface area contributed by atoms with Gasteiger partial charge in [-0.1, -0.05) is 23.4 Å². The van der Waals surface area contributed by atoms with Gasteiger partial charge in [0.1, 0.15) is 11.5 Å². The molecule has 0 fully saturated rings. The van der Waals surface area contributed by atoms with E-state index >= 15 is 0 Å². The molecule has 0 saturated heterocycles. The Morgan fingerprint density at radius 2 is 2.00 bits per heavy atom. The van der Waals surface area contributed by atoms with Crippen molar-refractivity contribution in [3.63, 3.8) is 0 Å². The van der Waals surface area contributed by atoms with Gasteiger partial charge in [0.2, 0.25) is 0 Å². The maximum absolute atomic E-state index is 11.6. The summed E-state index contributed by atoms with van der Waals surface area (Å²) in [5, 5.41) is 5.02. The highest BCUT2D eigenvalue weighted by atomic mass is 16.6. The average Bonchev–Trinajstić information content (AvgIpc) is 2.97. The number of carbonyl (C=O) groups is 1. The molecule has 0 unspecified atom stereocenters.